The van der Waals surface area contributed by atoms with Crippen molar-refractivity contribution >= 4 is 11.9 Å². The Bertz CT molecular complexity index is 249. The topological polar surface area (TPSA) is 89.9 Å². The molecule has 1 amide bonds. The van der Waals surface area contributed by atoms with E-state index in [1.54, 1.807) is 20.8 Å². The highest BCUT2D eigenvalue weighted by molar-refractivity contribution is 5.84. The Kier molecular flexibility index (Phi) is 7.16. The van der Waals surface area contributed by atoms with E-state index in [0.29, 0.717) is 0 Å². The molecular formula is C10H22ClN3O2. The van der Waals surface area contributed by atoms with Gasteiger partial charge in [-0.05, 0) is 26.7 Å². The Balaban J connectivity index is 0. The van der Waals surface area contributed by atoms with Gasteiger partial charge in [0.2, 0.25) is 0 Å². The van der Waals surface area contributed by atoms with Crippen LogP contribution in [-0.2, 0) is 4.74 Å². The highest BCUT2D eigenvalue weighted by atomic mass is 35.5. The second kappa shape index (κ2) is 6.58. The van der Waals surface area contributed by atoms with Crippen LogP contribution in [0.5, 0.6) is 0 Å². The van der Waals surface area contributed by atoms with Crippen LogP contribution < -0.4 is 28.9 Å². The molecule has 0 spiro atoms. The highest BCUT2D eigenvalue weighted by Gasteiger charge is 2.25. The molecule has 96 valence electrons. The zero-order chi connectivity index (χ0) is 12.2. The van der Waals surface area contributed by atoms with Crippen molar-refractivity contribution in [3.05, 3.63) is 0 Å². The van der Waals surface area contributed by atoms with Gasteiger partial charge in [0, 0.05) is 0 Å². The van der Waals surface area contributed by atoms with Gasteiger partial charge in [0.1, 0.15) is 11.6 Å². The number of alkyl carbamates (subject to hydrolysis) is 1. The van der Waals surface area contributed by atoms with E-state index in [2.05, 4.69) is 5.32 Å². The summed E-state index contributed by atoms with van der Waals surface area (Å²) in [6, 6.07) is -0.361. The van der Waals surface area contributed by atoms with Crippen molar-refractivity contribution in [2.24, 2.45) is 11.7 Å². The van der Waals surface area contributed by atoms with Gasteiger partial charge in [-0.25, -0.2) is 4.79 Å². The number of hydrogen-bond donors (Lipinski definition) is 3. The van der Waals surface area contributed by atoms with Crippen LogP contribution in [-0.4, -0.2) is 23.6 Å². The lowest BCUT2D eigenvalue weighted by Crippen LogP contribution is -3.00. The fourth-order valence-electron chi connectivity index (χ4n) is 1.07. The second-order valence-electron chi connectivity index (χ2n) is 4.87. The number of carbonyl (C=O) groups is 1. The molecule has 0 rings (SSSR count). The van der Waals surface area contributed by atoms with Gasteiger partial charge in [0.15, 0.2) is 0 Å². The predicted molar refractivity (Wildman–Crippen MR) is 59.1 cm³/mol. The van der Waals surface area contributed by atoms with Gasteiger partial charge >= 0.3 is 6.09 Å². The van der Waals surface area contributed by atoms with E-state index in [0.717, 1.165) is 0 Å². The first-order valence-electron chi connectivity index (χ1n) is 5.01. The van der Waals surface area contributed by atoms with Gasteiger partial charge in [-0.2, -0.15) is 0 Å². The number of hydrogen-bond acceptors (Lipinski definition) is 2. The first-order valence-corrected chi connectivity index (χ1v) is 5.01. The third-order valence-corrected chi connectivity index (χ3v) is 1.70. The number of amides is 1. The van der Waals surface area contributed by atoms with Crippen LogP contribution in [0.2, 0.25) is 0 Å². The third-order valence-electron chi connectivity index (χ3n) is 1.70. The predicted octanol–water partition coefficient (Wildman–Crippen LogP) is -3.34. The molecule has 0 unspecified atom stereocenters. The van der Waals surface area contributed by atoms with E-state index in [1.807, 2.05) is 13.8 Å². The number of carbonyl (C=O) groups excluding carboxylic acids is 1. The molecule has 0 aromatic heterocycles. The van der Waals surface area contributed by atoms with E-state index in [1.165, 1.54) is 0 Å². The fraction of sp³-hybridized carbons (Fsp3) is 0.800. The number of rotatable bonds is 3. The molecule has 1 atom stereocenters. The van der Waals surface area contributed by atoms with Crippen molar-refractivity contribution in [1.29, 1.82) is 0 Å². The van der Waals surface area contributed by atoms with Crippen molar-refractivity contribution in [2.75, 3.05) is 0 Å². The molecule has 0 aromatic carbocycles. The van der Waals surface area contributed by atoms with Crippen LogP contribution in [0.3, 0.4) is 0 Å². The van der Waals surface area contributed by atoms with Crippen molar-refractivity contribution in [3.8, 4) is 0 Å². The Morgan fingerprint density at radius 1 is 1.38 bits per heavy atom. The van der Waals surface area contributed by atoms with Gasteiger partial charge in [-0.15, -0.1) is 0 Å². The van der Waals surface area contributed by atoms with Crippen LogP contribution in [0.4, 0.5) is 4.79 Å². The molecule has 16 heavy (non-hydrogen) atoms. The molecular weight excluding hydrogens is 230 g/mol. The van der Waals surface area contributed by atoms with Crippen LogP contribution >= 0.6 is 0 Å². The molecule has 0 aromatic rings. The van der Waals surface area contributed by atoms with Gasteiger partial charge in [0.05, 0.1) is 0 Å². The number of nitrogens with two attached hydrogens (primary N) is 2. The summed E-state index contributed by atoms with van der Waals surface area (Å²) < 4.78 is 5.09. The smallest absolute Gasteiger partial charge is 0.408 e. The lowest BCUT2D eigenvalue weighted by atomic mass is 10.0. The average molecular weight is 252 g/mol. The minimum Gasteiger partial charge on any atom is -1.00 e. The van der Waals surface area contributed by atoms with E-state index in [4.69, 9.17) is 15.9 Å². The van der Waals surface area contributed by atoms with Crippen LogP contribution in [0.25, 0.3) is 0 Å². The van der Waals surface area contributed by atoms with E-state index >= 15 is 0 Å². The molecule has 0 aliphatic rings. The number of halogens is 1. The Hall–Kier alpha value is -0.970. The Morgan fingerprint density at radius 3 is 2.06 bits per heavy atom. The Morgan fingerprint density at radius 2 is 1.81 bits per heavy atom. The van der Waals surface area contributed by atoms with Gasteiger partial charge in [-0.1, -0.05) is 13.8 Å². The minimum absolute atomic E-state index is 0. The monoisotopic (exact) mass is 251 g/mol. The summed E-state index contributed by atoms with van der Waals surface area (Å²) in [4.78, 5) is 11.4. The van der Waals surface area contributed by atoms with Gasteiger partial charge in [-0.3, -0.25) is 11.1 Å². The minimum atomic E-state index is -0.519. The summed E-state index contributed by atoms with van der Waals surface area (Å²) in [6.07, 6.45) is -0.505. The second-order valence-corrected chi connectivity index (χ2v) is 4.87. The number of nitrogens with one attached hydrogen (secondary N) is 1. The standard InChI is InChI=1S/C10H21N3O2.ClH/c1-6(2)7(8(11)12)13-9(14)15-10(3,4)5;/h6-7H,1-5H3,(H3,11,12)(H,13,14);1H/t7-;/m0./s1. The van der Waals surface area contributed by atoms with Crippen molar-refractivity contribution in [2.45, 2.75) is 46.3 Å². The molecule has 0 radical (unpaired) electrons. The molecule has 0 heterocycles. The van der Waals surface area contributed by atoms with Gasteiger partial charge in [0.25, 0.3) is 5.84 Å². The van der Waals surface area contributed by atoms with E-state index < -0.39 is 11.7 Å². The zero-order valence-electron chi connectivity index (χ0n) is 10.5. The first-order chi connectivity index (χ1) is 6.63. The average Bonchev–Trinajstić information content (AvgIpc) is 1.95. The summed E-state index contributed by atoms with van der Waals surface area (Å²) >= 11 is 0. The van der Waals surface area contributed by atoms with Crippen LogP contribution in [0, 0.1) is 5.92 Å². The van der Waals surface area contributed by atoms with Crippen LogP contribution in [0.15, 0.2) is 0 Å². The quantitative estimate of drug-likeness (QED) is 0.362. The van der Waals surface area contributed by atoms with Crippen molar-refractivity contribution < 1.29 is 27.3 Å². The maximum absolute atomic E-state index is 11.4. The molecule has 0 saturated carbocycles. The van der Waals surface area contributed by atoms with Gasteiger partial charge < -0.3 is 22.5 Å². The van der Waals surface area contributed by atoms with E-state index in [9.17, 15) is 4.79 Å². The number of ether oxygens (including phenoxy) is 1. The lowest BCUT2D eigenvalue weighted by molar-refractivity contribution is -0.121. The van der Waals surface area contributed by atoms with Crippen LogP contribution in [0.1, 0.15) is 34.6 Å². The van der Waals surface area contributed by atoms with Crippen molar-refractivity contribution in [3.63, 3.8) is 0 Å². The van der Waals surface area contributed by atoms with E-state index in [-0.39, 0.29) is 30.2 Å². The normalized spacial score (nSPS) is 12.6. The lowest BCUT2D eigenvalue weighted by Gasteiger charge is -2.23. The SMILES string of the molecule is CC(C)[C@H](NC(=O)OC(C)(C)C)C(N)=[NH2+].[Cl-]. The summed E-state index contributed by atoms with van der Waals surface area (Å²) in [6.45, 7) is 9.23. The molecule has 0 bridgehead atoms. The molecule has 0 saturated heterocycles. The maximum atomic E-state index is 11.4. The molecule has 6 heteroatoms. The Labute approximate surface area is 103 Å². The molecule has 0 fully saturated rings. The molecule has 5 nitrogen and oxygen atoms in total. The largest absolute Gasteiger partial charge is 1.00 e. The third kappa shape index (κ3) is 7.34. The number of amidine groups is 1. The first kappa shape index (κ1) is 17.4. The fourth-order valence-corrected chi connectivity index (χ4v) is 1.07. The molecule has 5 N–H and O–H groups in total. The summed E-state index contributed by atoms with van der Waals surface area (Å²) in [7, 11) is 0. The molecule has 0 aliphatic carbocycles. The summed E-state index contributed by atoms with van der Waals surface area (Å²) in [5, 5.41) is 8.10. The summed E-state index contributed by atoms with van der Waals surface area (Å²) in [5.74, 6) is 0.318. The molecule has 0 aliphatic heterocycles. The zero-order valence-corrected chi connectivity index (χ0v) is 11.3. The highest BCUT2D eigenvalue weighted by Crippen LogP contribution is 2.08. The summed E-state index contributed by atoms with van der Waals surface area (Å²) in [5.41, 5.74) is 4.95. The van der Waals surface area contributed by atoms with Crippen molar-refractivity contribution in [1.82, 2.24) is 5.32 Å². The maximum Gasteiger partial charge on any atom is 0.408 e.